The molecule has 0 aromatic heterocycles. The van der Waals surface area contributed by atoms with Crippen molar-refractivity contribution in [2.75, 3.05) is 0 Å². The van der Waals surface area contributed by atoms with Crippen molar-refractivity contribution in [3.05, 3.63) is 0 Å². The van der Waals surface area contributed by atoms with Crippen LogP contribution < -0.4 is 5.32 Å². The van der Waals surface area contributed by atoms with Gasteiger partial charge in [0.25, 0.3) is 0 Å². The van der Waals surface area contributed by atoms with Gasteiger partial charge < -0.3 is 20.1 Å². The van der Waals surface area contributed by atoms with Crippen LogP contribution in [0.3, 0.4) is 0 Å². The van der Waals surface area contributed by atoms with Crippen molar-refractivity contribution < 1.29 is 20.1 Å². The Balaban J connectivity index is 2.67. The summed E-state index contributed by atoms with van der Waals surface area (Å²) in [5.74, 6) is -0.356. The Labute approximate surface area is 90.1 Å². The number of aliphatic hydroxyl groups excluding tert-OH is 3. The molecule has 1 aliphatic rings. The largest absolute Gasteiger partial charge is 0.389 e. The summed E-state index contributed by atoms with van der Waals surface area (Å²) in [5.41, 5.74) is 0. The van der Waals surface area contributed by atoms with Crippen molar-refractivity contribution in [3.8, 4) is 0 Å². The van der Waals surface area contributed by atoms with E-state index in [0.29, 0.717) is 6.42 Å². The molecule has 5 atom stereocenters. The van der Waals surface area contributed by atoms with Gasteiger partial charge >= 0.3 is 0 Å². The Kier molecular flexibility index (Phi) is 4.48. The molecule has 4 N–H and O–H groups in total. The molecular formula is C10H21NO4. The molecule has 0 aromatic rings. The van der Waals surface area contributed by atoms with Gasteiger partial charge in [0, 0.05) is 12.0 Å². The van der Waals surface area contributed by atoms with E-state index in [0.717, 1.165) is 0 Å². The zero-order valence-corrected chi connectivity index (χ0v) is 9.42. The third kappa shape index (κ3) is 2.89. The highest BCUT2D eigenvalue weighted by Gasteiger charge is 2.42. The summed E-state index contributed by atoms with van der Waals surface area (Å²) in [6.07, 6.45) is -3.06. The molecule has 1 aliphatic heterocycles. The van der Waals surface area contributed by atoms with Gasteiger partial charge in [-0.3, -0.25) is 5.32 Å². The Hall–Kier alpha value is -0.200. The molecule has 0 spiro atoms. The van der Waals surface area contributed by atoms with E-state index in [4.69, 9.17) is 4.74 Å². The van der Waals surface area contributed by atoms with Crippen LogP contribution in [0.15, 0.2) is 0 Å². The van der Waals surface area contributed by atoms with E-state index >= 15 is 0 Å². The quantitative estimate of drug-likeness (QED) is 0.510. The first-order valence-corrected chi connectivity index (χ1v) is 5.43. The third-order valence-corrected chi connectivity index (χ3v) is 2.73. The van der Waals surface area contributed by atoms with Crippen LogP contribution in [-0.2, 0) is 4.74 Å². The maximum absolute atomic E-state index is 9.91. The summed E-state index contributed by atoms with van der Waals surface area (Å²) in [4.78, 5) is 0. The summed E-state index contributed by atoms with van der Waals surface area (Å²) >= 11 is 0. The summed E-state index contributed by atoms with van der Waals surface area (Å²) in [5, 5.41) is 32.0. The van der Waals surface area contributed by atoms with Gasteiger partial charge in [-0.1, -0.05) is 6.92 Å². The highest BCUT2D eigenvalue weighted by atomic mass is 16.6. The average molecular weight is 219 g/mol. The van der Waals surface area contributed by atoms with Crippen LogP contribution in [0.2, 0.25) is 0 Å². The first-order chi connectivity index (χ1) is 6.97. The topological polar surface area (TPSA) is 82.0 Å². The number of rotatable bonds is 3. The molecule has 15 heavy (non-hydrogen) atoms. The van der Waals surface area contributed by atoms with Crippen LogP contribution in [0.4, 0.5) is 0 Å². The van der Waals surface area contributed by atoms with Crippen molar-refractivity contribution in [3.63, 3.8) is 0 Å². The van der Waals surface area contributed by atoms with Crippen LogP contribution >= 0.6 is 0 Å². The van der Waals surface area contributed by atoms with Crippen LogP contribution in [0.25, 0.3) is 0 Å². The Morgan fingerprint density at radius 2 is 1.80 bits per heavy atom. The van der Waals surface area contributed by atoms with Gasteiger partial charge in [-0.05, 0) is 20.3 Å². The number of ether oxygens (including phenoxy) is 1. The Morgan fingerprint density at radius 3 is 2.27 bits per heavy atom. The molecule has 1 heterocycles. The number of nitrogens with one attached hydrogen (secondary N) is 1. The minimum absolute atomic E-state index is 0.143. The van der Waals surface area contributed by atoms with Crippen molar-refractivity contribution in [2.45, 2.75) is 58.0 Å². The van der Waals surface area contributed by atoms with E-state index in [1.807, 2.05) is 20.8 Å². The average Bonchev–Trinajstić information content (AvgIpc) is 2.14. The molecule has 1 saturated heterocycles. The van der Waals surface area contributed by atoms with Crippen LogP contribution in [0, 0.1) is 5.92 Å². The van der Waals surface area contributed by atoms with Gasteiger partial charge in [-0.15, -0.1) is 0 Å². The lowest BCUT2D eigenvalue weighted by Crippen LogP contribution is -2.59. The lowest BCUT2D eigenvalue weighted by atomic mass is 9.89. The van der Waals surface area contributed by atoms with E-state index in [1.165, 1.54) is 0 Å². The zero-order chi connectivity index (χ0) is 11.6. The molecule has 1 rings (SSSR count). The predicted octanol–water partition coefficient (Wildman–Crippen LogP) is -0.593. The van der Waals surface area contributed by atoms with Crippen LogP contribution in [0.1, 0.15) is 27.2 Å². The highest BCUT2D eigenvalue weighted by Crippen LogP contribution is 2.26. The number of hydrogen-bond donors (Lipinski definition) is 4. The van der Waals surface area contributed by atoms with E-state index in [-0.39, 0.29) is 12.0 Å². The fourth-order valence-electron chi connectivity index (χ4n) is 1.90. The summed E-state index contributed by atoms with van der Waals surface area (Å²) in [6, 6.07) is 0.143. The van der Waals surface area contributed by atoms with Gasteiger partial charge in [0.15, 0.2) is 6.29 Å². The summed E-state index contributed by atoms with van der Waals surface area (Å²) < 4.78 is 5.10. The molecule has 0 radical (unpaired) electrons. The fraction of sp³-hybridized carbons (Fsp3) is 1.00. The van der Waals surface area contributed by atoms with E-state index < -0.39 is 24.7 Å². The fourth-order valence-corrected chi connectivity index (χ4v) is 1.90. The van der Waals surface area contributed by atoms with E-state index in [1.54, 1.807) is 0 Å². The van der Waals surface area contributed by atoms with Crippen molar-refractivity contribution >= 4 is 0 Å². The smallest absolute Gasteiger partial charge is 0.183 e. The van der Waals surface area contributed by atoms with Gasteiger partial charge in [-0.25, -0.2) is 0 Å². The summed E-state index contributed by atoms with van der Waals surface area (Å²) in [7, 11) is 0. The first-order valence-electron chi connectivity index (χ1n) is 5.43. The molecule has 90 valence electrons. The molecule has 5 heteroatoms. The molecule has 0 saturated carbocycles. The second kappa shape index (κ2) is 5.23. The van der Waals surface area contributed by atoms with Crippen LogP contribution in [-0.4, -0.2) is 46.1 Å². The molecule has 0 bridgehead atoms. The number of hydrogen-bond acceptors (Lipinski definition) is 5. The van der Waals surface area contributed by atoms with Crippen LogP contribution in [0.5, 0.6) is 0 Å². The molecule has 1 fully saturated rings. The minimum Gasteiger partial charge on any atom is -0.389 e. The van der Waals surface area contributed by atoms with E-state index in [2.05, 4.69) is 5.32 Å². The highest BCUT2D eigenvalue weighted by molar-refractivity contribution is 4.87. The molecule has 0 aromatic carbocycles. The minimum atomic E-state index is -1.23. The third-order valence-electron chi connectivity index (χ3n) is 2.73. The molecule has 5 unspecified atom stereocenters. The van der Waals surface area contributed by atoms with Crippen molar-refractivity contribution in [1.29, 1.82) is 0 Å². The zero-order valence-electron chi connectivity index (χ0n) is 9.42. The first kappa shape index (κ1) is 12.9. The predicted molar refractivity (Wildman–Crippen MR) is 54.9 cm³/mol. The maximum Gasteiger partial charge on any atom is 0.183 e. The van der Waals surface area contributed by atoms with E-state index in [9.17, 15) is 15.3 Å². The maximum atomic E-state index is 9.91. The van der Waals surface area contributed by atoms with Gasteiger partial charge in [-0.2, -0.15) is 0 Å². The Morgan fingerprint density at radius 1 is 1.20 bits per heavy atom. The molecular weight excluding hydrogens is 198 g/mol. The molecule has 0 amide bonds. The van der Waals surface area contributed by atoms with Gasteiger partial charge in [0.2, 0.25) is 0 Å². The monoisotopic (exact) mass is 219 g/mol. The summed E-state index contributed by atoms with van der Waals surface area (Å²) in [6.45, 7) is 5.71. The number of aliphatic hydroxyl groups is 3. The Bertz CT molecular complexity index is 200. The van der Waals surface area contributed by atoms with Gasteiger partial charge in [0.1, 0.15) is 12.3 Å². The van der Waals surface area contributed by atoms with Crippen molar-refractivity contribution in [2.24, 2.45) is 5.92 Å². The second-order valence-corrected chi connectivity index (χ2v) is 4.32. The molecule has 0 aliphatic carbocycles. The SMILES string of the molecule is CCC1C(O)C(O)OC(NC(C)C)C1O. The lowest BCUT2D eigenvalue weighted by molar-refractivity contribution is -0.276. The second-order valence-electron chi connectivity index (χ2n) is 4.32. The molecule has 5 nitrogen and oxygen atoms in total. The van der Waals surface area contributed by atoms with Gasteiger partial charge in [0.05, 0.1) is 6.10 Å². The normalized spacial score (nSPS) is 42.2. The van der Waals surface area contributed by atoms with Crippen molar-refractivity contribution in [1.82, 2.24) is 5.32 Å². The lowest BCUT2D eigenvalue weighted by Gasteiger charge is -2.41. The standard InChI is InChI=1S/C10H21NO4/c1-4-6-7(12)9(11-5(2)3)15-10(14)8(6)13/h5-14H,4H2,1-3H3.